The second-order valence-corrected chi connectivity index (χ2v) is 10.0. The van der Waals surface area contributed by atoms with E-state index in [0.717, 1.165) is 11.8 Å². The molecular weight excluding hydrogens is 434 g/mol. The molecule has 4 N–H and O–H groups in total. The zero-order valence-electron chi connectivity index (χ0n) is 18.3. The number of aliphatic carboxylic acids is 1. The molecule has 2 rings (SSSR count). The van der Waals surface area contributed by atoms with Crippen molar-refractivity contribution in [2.24, 2.45) is 0 Å². The van der Waals surface area contributed by atoms with E-state index in [1.54, 1.807) is 6.08 Å². The lowest BCUT2D eigenvalue weighted by molar-refractivity contribution is -0.139. The van der Waals surface area contributed by atoms with Crippen LogP contribution in [0.2, 0.25) is 0 Å². The van der Waals surface area contributed by atoms with E-state index in [1.165, 1.54) is 6.08 Å². The first-order chi connectivity index (χ1) is 15.0. The Morgan fingerprint density at radius 3 is 2.38 bits per heavy atom. The Balaban J connectivity index is 2.48. The van der Waals surface area contributed by atoms with E-state index in [1.807, 2.05) is 44.2 Å². The number of benzene rings is 1. The van der Waals surface area contributed by atoms with Gasteiger partial charge in [-0.25, -0.2) is 18.4 Å². The Bertz CT molecular complexity index is 1050. The number of aliphatic hydroxyl groups is 2. The summed E-state index contributed by atoms with van der Waals surface area (Å²) in [6.07, 6.45) is 1.39. The maximum absolute atomic E-state index is 11.6. The van der Waals surface area contributed by atoms with E-state index in [-0.39, 0.29) is 24.2 Å². The van der Waals surface area contributed by atoms with Gasteiger partial charge in [0.25, 0.3) is 0 Å². The number of aliphatic hydroxyl groups excluding tert-OH is 2. The SMILES string of the molecule is CC(C)c1nc(NCS(C)(=O)=O)nc(-c2ccccc2)c1C=CC(O)CC(O)CC(=O)O. The quantitative estimate of drug-likeness (QED) is 0.393. The number of hydrogen-bond donors (Lipinski definition) is 4. The summed E-state index contributed by atoms with van der Waals surface area (Å²) in [5, 5.41) is 31.5. The van der Waals surface area contributed by atoms with Gasteiger partial charge in [0.1, 0.15) is 5.88 Å². The molecule has 0 radical (unpaired) electrons. The molecule has 1 heterocycles. The number of carboxylic acids is 1. The largest absolute Gasteiger partial charge is 0.481 e. The lowest BCUT2D eigenvalue weighted by Gasteiger charge is -2.17. The first-order valence-corrected chi connectivity index (χ1v) is 12.2. The molecule has 0 spiro atoms. The van der Waals surface area contributed by atoms with Gasteiger partial charge in [0.15, 0.2) is 9.84 Å². The predicted octanol–water partition coefficient (Wildman–Crippen LogP) is 2.28. The molecule has 0 saturated heterocycles. The molecule has 0 saturated carbocycles. The van der Waals surface area contributed by atoms with Crippen molar-refractivity contribution in [2.45, 2.75) is 44.8 Å². The summed E-state index contributed by atoms with van der Waals surface area (Å²) in [6, 6.07) is 9.27. The third-order valence-corrected chi connectivity index (χ3v) is 5.14. The van der Waals surface area contributed by atoms with Crippen molar-refractivity contribution < 1.29 is 28.5 Å². The molecule has 174 valence electrons. The van der Waals surface area contributed by atoms with Crippen LogP contribution in [0, 0.1) is 0 Å². The van der Waals surface area contributed by atoms with Crippen molar-refractivity contribution in [3.8, 4) is 11.3 Å². The lowest BCUT2D eigenvalue weighted by Crippen LogP contribution is -2.19. The third-order valence-electron chi connectivity index (χ3n) is 4.47. The van der Waals surface area contributed by atoms with Gasteiger partial charge in [-0.1, -0.05) is 56.3 Å². The van der Waals surface area contributed by atoms with Crippen LogP contribution >= 0.6 is 0 Å². The number of rotatable bonds is 11. The molecule has 2 unspecified atom stereocenters. The number of nitrogens with zero attached hydrogens (tertiary/aromatic N) is 2. The third kappa shape index (κ3) is 8.03. The fourth-order valence-electron chi connectivity index (χ4n) is 3.03. The van der Waals surface area contributed by atoms with Crippen molar-refractivity contribution in [2.75, 3.05) is 17.4 Å². The van der Waals surface area contributed by atoms with Crippen molar-refractivity contribution >= 4 is 27.8 Å². The number of anilines is 1. The highest BCUT2D eigenvalue weighted by molar-refractivity contribution is 7.90. The Labute approximate surface area is 187 Å². The number of carboxylic acid groups (broad SMARTS) is 1. The van der Waals surface area contributed by atoms with Crippen molar-refractivity contribution in [1.29, 1.82) is 0 Å². The summed E-state index contributed by atoms with van der Waals surface area (Å²) in [5.41, 5.74) is 2.61. The van der Waals surface area contributed by atoms with E-state index in [4.69, 9.17) is 5.11 Å². The highest BCUT2D eigenvalue weighted by Crippen LogP contribution is 2.30. The molecule has 2 aromatic rings. The zero-order chi connectivity index (χ0) is 23.9. The highest BCUT2D eigenvalue weighted by atomic mass is 32.2. The summed E-state index contributed by atoms with van der Waals surface area (Å²) in [5.74, 6) is -1.33. The first-order valence-electron chi connectivity index (χ1n) is 10.1. The monoisotopic (exact) mass is 463 g/mol. The maximum atomic E-state index is 11.6. The van der Waals surface area contributed by atoms with Crippen molar-refractivity contribution in [1.82, 2.24) is 9.97 Å². The smallest absolute Gasteiger partial charge is 0.305 e. The van der Waals surface area contributed by atoms with Crippen LogP contribution in [0.1, 0.15) is 43.9 Å². The van der Waals surface area contributed by atoms with E-state index in [9.17, 15) is 23.4 Å². The average Bonchev–Trinajstić information content (AvgIpc) is 2.69. The van der Waals surface area contributed by atoms with E-state index in [2.05, 4.69) is 15.3 Å². The number of aromatic nitrogens is 2. The lowest BCUT2D eigenvalue weighted by atomic mass is 9.97. The molecule has 0 bridgehead atoms. The van der Waals surface area contributed by atoms with Crippen LogP contribution in [-0.4, -0.2) is 64.0 Å². The van der Waals surface area contributed by atoms with E-state index < -0.39 is 34.4 Å². The Kier molecular flexibility index (Phi) is 8.88. The van der Waals surface area contributed by atoms with E-state index >= 15 is 0 Å². The molecule has 2 atom stereocenters. The molecule has 32 heavy (non-hydrogen) atoms. The molecule has 0 aliphatic carbocycles. The van der Waals surface area contributed by atoms with E-state index in [0.29, 0.717) is 17.0 Å². The average molecular weight is 464 g/mol. The normalized spacial score (nSPS) is 13.9. The molecule has 9 nitrogen and oxygen atoms in total. The first kappa shape index (κ1) is 25.4. The van der Waals surface area contributed by atoms with Gasteiger partial charge in [0, 0.05) is 23.8 Å². The molecular formula is C22H29N3O6S. The maximum Gasteiger partial charge on any atom is 0.305 e. The fourth-order valence-corrected chi connectivity index (χ4v) is 3.42. The summed E-state index contributed by atoms with van der Waals surface area (Å²) >= 11 is 0. The molecule has 0 amide bonds. The van der Waals surface area contributed by atoms with Crippen LogP contribution < -0.4 is 5.32 Å². The highest BCUT2D eigenvalue weighted by Gasteiger charge is 2.18. The Hall–Kier alpha value is -2.82. The molecule has 1 aromatic heterocycles. The number of sulfone groups is 1. The molecule has 0 aliphatic rings. The molecule has 1 aromatic carbocycles. The molecule has 0 fully saturated rings. The van der Waals surface area contributed by atoms with Crippen molar-refractivity contribution in [3.05, 3.63) is 47.7 Å². The van der Waals surface area contributed by atoms with Crippen LogP contribution in [0.4, 0.5) is 5.95 Å². The molecule has 0 aliphatic heterocycles. The van der Waals surface area contributed by atoms with Crippen LogP contribution in [-0.2, 0) is 14.6 Å². The topological polar surface area (TPSA) is 150 Å². The van der Waals surface area contributed by atoms with Gasteiger partial charge in [-0.2, -0.15) is 0 Å². The van der Waals surface area contributed by atoms with Crippen LogP contribution in [0.15, 0.2) is 36.4 Å². The van der Waals surface area contributed by atoms with Gasteiger partial charge in [-0.05, 0) is 5.92 Å². The predicted molar refractivity (Wildman–Crippen MR) is 123 cm³/mol. The molecule has 10 heteroatoms. The van der Waals surface area contributed by atoms with Gasteiger partial charge < -0.3 is 20.6 Å². The zero-order valence-corrected chi connectivity index (χ0v) is 19.1. The number of carbonyl (C=O) groups is 1. The van der Waals surface area contributed by atoms with Gasteiger partial charge in [0.2, 0.25) is 5.95 Å². The Morgan fingerprint density at radius 1 is 1.16 bits per heavy atom. The van der Waals surface area contributed by atoms with Gasteiger partial charge in [-0.3, -0.25) is 4.79 Å². The fraction of sp³-hybridized carbons (Fsp3) is 0.409. The van der Waals surface area contributed by atoms with Gasteiger partial charge >= 0.3 is 5.97 Å². The van der Waals surface area contributed by atoms with Gasteiger partial charge in [0.05, 0.1) is 30.0 Å². The second-order valence-electron chi connectivity index (χ2n) is 7.88. The summed E-state index contributed by atoms with van der Waals surface area (Å²) < 4.78 is 23.1. The summed E-state index contributed by atoms with van der Waals surface area (Å²) in [7, 11) is -3.29. The standard InChI is InChI=1S/C22H29N3O6S/c1-14(2)20-18(10-9-16(26)11-17(27)12-19(28)29)21(15-7-5-4-6-8-15)25-22(24-20)23-13-32(3,30)31/h4-10,14,16-17,26-27H,11-13H2,1-3H3,(H,28,29)(H,23,24,25). The summed E-state index contributed by atoms with van der Waals surface area (Å²) in [6.45, 7) is 3.86. The minimum atomic E-state index is -3.29. The summed E-state index contributed by atoms with van der Waals surface area (Å²) in [4.78, 5) is 19.7. The van der Waals surface area contributed by atoms with Crippen LogP contribution in [0.3, 0.4) is 0 Å². The van der Waals surface area contributed by atoms with Gasteiger partial charge in [-0.15, -0.1) is 0 Å². The van der Waals surface area contributed by atoms with Crippen molar-refractivity contribution in [3.63, 3.8) is 0 Å². The van der Waals surface area contributed by atoms with Crippen LogP contribution in [0.5, 0.6) is 0 Å². The second kappa shape index (κ2) is 11.2. The van der Waals surface area contributed by atoms with Crippen LogP contribution in [0.25, 0.3) is 17.3 Å². The minimum absolute atomic E-state index is 0.0476. The number of hydrogen-bond acceptors (Lipinski definition) is 8. The minimum Gasteiger partial charge on any atom is -0.481 e. The number of nitrogens with one attached hydrogen (secondary N) is 1. The Morgan fingerprint density at radius 2 is 1.81 bits per heavy atom.